The first-order chi connectivity index (χ1) is 7.90. The van der Waals surface area contributed by atoms with Crippen molar-refractivity contribution in [3.63, 3.8) is 0 Å². The molecule has 1 aliphatic carbocycles. The number of aliphatic hydroxyl groups excluding tert-OH is 1. The van der Waals surface area contributed by atoms with Crippen molar-refractivity contribution in [3.8, 4) is 0 Å². The Kier molecular flexibility index (Phi) is 4.76. The molecule has 0 aliphatic heterocycles. The molecule has 0 bridgehead atoms. The maximum atomic E-state index is 9.70. The lowest BCUT2D eigenvalue weighted by Gasteiger charge is -2.41. The summed E-state index contributed by atoms with van der Waals surface area (Å²) in [5, 5.41) is 9.70. The average molecular weight is 234 g/mol. The quantitative estimate of drug-likeness (QED) is 0.705. The van der Waals surface area contributed by atoms with Crippen molar-refractivity contribution < 1.29 is 5.11 Å². The number of hydrogen-bond donors (Lipinski definition) is 1. The Morgan fingerprint density at radius 3 is 2.88 bits per heavy atom. The van der Waals surface area contributed by atoms with Crippen LogP contribution >= 0.6 is 0 Å². The molecule has 0 fully saturated rings. The van der Waals surface area contributed by atoms with Crippen LogP contribution < -0.4 is 0 Å². The van der Waals surface area contributed by atoms with Gasteiger partial charge in [-0.05, 0) is 49.5 Å². The van der Waals surface area contributed by atoms with E-state index in [1.165, 1.54) is 11.1 Å². The second-order valence-electron chi connectivity index (χ2n) is 5.75. The topological polar surface area (TPSA) is 20.2 Å². The zero-order chi connectivity index (χ0) is 13.1. The summed E-state index contributed by atoms with van der Waals surface area (Å²) in [5.74, 6) is 0.593. The minimum Gasteiger partial charge on any atom is -0.389 e. The maximum Gasteiger partial charge on any atom is 0.0727 e. The van der Waals surface area contributed by atoms with E-state index in [1.54, 1.807) is 0 Å². The van der Waals surface area contributed by atoms with Crippen LogP contribution in [0.25, 0.3) is 0 Å². The molecule has 0 amide bonds. The van der Waals surface area contributed by atoms with E-state index >= 15 is 0 Å². The molecule has 0 heterocycles. The molecule has 1 nitrogen and oxygen atoms in total. The molecule has 1 rings (SSSR count). The summed E-state index contributed by atoms with van der Waals surface area (Å²) in [6, 6.07) is 0. The van der Waals surface area contributed by atoms with Gasteiger partial charge >= 0.3 is 0 Å². The van der Waals surface area contributed by atoms with Gasteiger partial charge in [-0.2, -0.15) is 0 Å². The largest absolute Gasteiger partial charge is 0.389 e. The van der Waals surface area contributed by atoms with Crippen molar-refractivity contribution in [2.45, 2.75) is 52.6 Å². The first-order valence-electron chi connectivity index (χ1n) is 6.57. The number of hydrogen-bond acceptors (Lipinski definition) is 1. The van der Waals surface area contributed by atoms with Crippen LogP contribution in [-0.4, -0.2) is 11.2 Å². The van der Waals surface area contributed by atoms with Crippen LogP contribution in [0.1, 0.15) is 46.5 Å². The van der Waals surface area contributed by atoms with Gasteiger partial charge in [0.15, 0.2) is 0 Å². The van der Waals surface area contributed by atoms with E-state index in [9.17, 15) is 5.11 Å². The van der Waals surface area contributed by atoms with Crippen LogP contribution in [0, 0.1) is 11.3 Å². The Hall–Kier alpha value is -0.820. The fourth-order valence-electron chi connectivity index (χ4n) is 2.69. The molecular weight excluding hydrogens is 208 g/mol. The standard InChI is InChI=1S/C16H26O/c1-6-14-11-15(17)9-10-16(14,5)13(4)8-7-12(2)3/h6,11,13,15,17H,1-2,7-10H2,3-5H3. The third-order valence-corrected chi connectivity index (χ3v) is 4.30. The Morgan fingerprint density at radius 2 is 2.35 bits per heavy atom. The smallest absolute Gasteiger partial charge is 0.0727 e. The highest BCUT2D eigenvalue weighted by Crippen LogP contribution is 2.45. The highest BCUT2D eigenvalue weighted by atomic mass is 16.3. The van der Waals surface area contributed by atoms with Gasteiger partial charge in [-0.1, -0.05) is 38.2 Å². The molecule has 3 unspecified atom stereocenters. The Balaban J connectivity index is 2.81. The Morgan fingerprint density at radius 1 is 1.71 bits per heavy atom. The van der Waals surface area contributed by atoms with Gasteiger partial charge in [0.25, 0.3) is 0 Å². The molecule has 1 heteroatoms. The zero-order valence-corrected chi connectivity index (χ0v) is 11.5. The molecule has 0 aromatic heterocycles. The minimum absolute atomic E-state index is 0.163. The SMILES string of the molecule is C=CC1=CC(O)CCC1(C)C(C)CCC(=C)C. The molecule has 0 spiro atoms. The van der Waals surface area contributed by atoms with E-state index in [1.807, 2.05) is 12.2 Å². The van der Waals surface area contributed by atoms with Crippen molar-refractivity contribution >= 4 is 0 Å². The van der Waals surface area contributed by atoms with Gasteiger partial charge in [0.2, 0.25) is 0 Å². The Bertz CT molecular complexity index is 326. The van der Waals surface area contributed by atoms with Crippen LogP contribution in [-0.2, 0) is 0 Å². The number of allylic oxidation sites excluding steroid dienone is 3. The third kappa shape index (κ3) is 3.32. The molecule has 0 saturated heterocycles. The fourth-order valence-corrected chi connectivity index (χ4v) is 2.69. The lowest BCUT2D eigenvalue weighted by atomic mass is 9.64. The predicted octanol–water partition coefficient (Wildman–Crippen LogP) is 4.25. The summed E-state index contributed by atoms with van der Waals surface area (Å²) in [5.41, 5.74) is 2.63. The molecule has 96 valence electrons. The second kappa shape index (κ2) is 5.68. The summed E-state index contributed by atoms with van der Waals surface area (Å²) >= 11 is 0. The highest BCUT2D eigenvalue weighted by Gasteiger charge is 2.36. The van der Waals surface area contributed by atoms with E-state index in [-0.39, 0.29) is 11.5 Å². The normalized spacial score (nSPS) is 30.6. The molecule has 0 aromatic rings. The van der Waals surface area contributed by atoms with Crippen LogP contribution in [0.5, 0.6) is 0 Å². The molecule has 0 aromatic carbocycles. The molecule has 0 saturated carbocycles. The van der Waals surface area contributed by atoms with E-state index in [0.29, 0.717) is 5.92 Å². The van der Waals surface area contributed by atoms with Gasteiger partial charge in [-0.3, -0.25) is 0 Å². The average Bonchev–Trinajstić information content (AvgIpc) is 2.29. The summed E-state index contributed by atoms with van der Waals surface area (Å²) in [7, 11) is 0. The van der Waals surface area contributed by atoms with Gasteiger partial charge in [-0.15, -0.1) is 6.58 Å². The molecule has 1 aliphatic rings. The summed E-state index contributed by atoms with van der Waals surface area (Å²) in [4.78, 5) is 0. The van der Waals surface area contributed by atoms with Crippen molar-refractivity contribution in [2.75, 3.05) is 0 Å². The fraction of sp³-hybridized carbons (Fsp3) is 0.625. The minimum atomic E-state index is -0.288. The number of aliphatic hydroxyl groups is 1. The van der Waals surface area contributed by atoms with Crippen molar-refractivity contribution in [2.24, 2.45) is 11.3 Å². The molecular formula is C16H26O. The summed E-state index contributed by atoms with van der Waals surface area (Å²) in [6.07, 6.45) is 7.77. The molecule has 0 radical (unpaired) electrons. The zero-order valence-electron chi connectivity index (χ0n) is 11.5. The van der Waals surface area contributed by atoms with Crippen LogP contribution in [0.15, 0.2) is 36.5 Å². The van der Waals surface area contributed by atoms with Crippen LogP contribution in [0.2, 0.25) is 0 Å². The monoisotopic (exact) mass is 234 g/mol. The lowest BCUT2D eigenvalue weighted by molar-refractivity contribution is 0.138. The van der Waals surface area contributed by atoms with Gasteiger partial charge in [0.05, 0.1) is 6.10 Å². The van der Waals surface area contributed by atoms with Gasteiger partial charge in [-0.25, -0.2) is 0 Å². The van der Waals surface area contributed by atoms with Gasteiger partial charge in [0, 0.05) is 0 Å². The maximum absolute atomic E-state index is 9.70. The van der Waals surface area contributed by atoms with Crippen molar-refractivity contribution in [1.29, 1.82) is 0 Å². The van der Waals surface area contributed by atoms with Gasteiger partial charge in [0.1, 0.15) is 0 Å². The van der Waals surface area contributed by atoms with E-state index < -0.39 is 0 Å². The number of rotatable bonds is 5. The Labute approximate surface area is 106 Å². The van der Waals surface area contributed by atoms with E-state index in [2.05, 4.69) is 33.9 Å². The van der Waals surface area contributed by atoms with Crippen molar-refractivity contribution in [3.05, 3.63) is 36.5 Å². The van der Waals surface area contributed by atoms with E-state index in [0.717, 1.165) is 25.7 Å². The highest BCUT2D eigenvalue weighted by molar-refractivity contribution is 5.29. The lowest BCUT2D eigenvalue weighted by Crippen LogP contribution is -2.32. The van der Waals surface area contributed by atoms with Crippen LogP contribution in [0.4, 0.5) is 0 Å². The second-order valence-corrected chi connectivity index (χ2v) is 5.75. The first kappa shape index (κ1) is 14.2. The summed E-state index contributed by atoms with van der Waals surface area (Å²) in [6.45, 7) is 14.6. The summed E-state index contributed by atoms with van der Waals surface area (Å²) < 4.78 is 0. The van der Waals surface area contributed by atoms with Crippen LogP contribution in [0.3, 0.4) is 0 Å². The predicted molar refractivity (Wildman–Crippen MR) is 74.8 cm³/mol. The molecule has 3 atom stereocenters. The molecule has 1 N–H and O–H groups in total. The molecule has 17 heavy (non-hydrogen) atoms. The van der Waals surface area contributed by atoms with Gasteiger partial charge < -0.3 is 5.11 Å². The van der Waals surface area contributed by atoms with E-state index in [4.69, 9.17) is 0 Å². The first-order valence-corrected chi connectivity index (χ1v) is 6.57. The third-order valence-electron chi connectivity index (χ3n) is 4.30. The van der Waals surface area contributed by atoms with Crippen molar-refractivity contribution in [1.82, 2.24) is 0 Å².